The third-order valence-corrected chi connectivity index (χ3v) is 3.40. The summed E-state index contributed by atoms with van der Waals surface area (Å²) < 4.78 is 12.4. The minimum absolute atomic E-state index is 0.0470. The minimum atomic E-state index is -0.0470. The van der Waals surface area contributed by atoms with E-state index in [9.17, 15) is 4.79 Å². The van der Waals surface area contributed by atoms with Gasteiger partial charge in [-0.05, 0) is 19.1 Å². The van der Waals surface area contributed by atoms with Gasteiger partial charge in [-0.2, -0.15) is 0 Å². The molecule has 0 spiro atoms. The molecule has 4 nitrogen and oxygen atoms in total. The maximum Gasteiger partial charge on any atom is 0.186 e. The van der Waals surface area contributed by atoms with Crippen LogP contribution in [0.25, 0.3) is 5.69 Å². The molecule has 0 unspecified atom stereocenters. The van der Waals surface area contributed by atoms with Gasteiger partial charge in [0.05, 0.1) is 20.1 Å². The molecule has 2 aromatic rings. The van der Waals surface area contributed by atoms with Crippen molar-refractivity contribution in [2.75, 3.05) is 14.2 Å². The van der Waals surface area contributed by atoms with Crippen molar-refractivity contribution >= 4 is 11.6 Å². The van der Waals surface area contributed by atoms with E-state index >= 15 is 0 Å². The van der Waals surface area contributed by atoms with Crippen LogP contribution < -0.4 is 14.9 Å². The largest absolute Gasteiger partial charge is 0.493 e. The molecule has 0 aliphatic carbocycles. The van der Waals surface area contributed by atoms with E-state index in [1.807, 2.05) is 29.7 Å². The Kier molecular flexibility index (Phi) is 4.35. The third-order valence-electron chi connectivity index (χ3n) is 3.11. The first-order valence-corrected chi connectivity index (χ1v) is 6.64. The van der Waals surface area contributed by atoms with E-state index in [1.54, 1.807) is 26.5 Å². The van der Waals surface area contributed by atoms with Crippen LogP contribution in [-0.2, 0) is 5.88 Å². The summed E-state index contributed by atoms with van der Waals surface area (Å²) in [4.78, 5) is 11.7. The van der Waals surface area contributed by atoms with E-state index < -0.39 is 0 Å². The Morgan fingerprint density at radius 2 is 1.85 bits per heavy atom. The molecule has 5 heteroatoms. The van der Waals surface area contributed by atoms with Gasteiger partial charge in [0.2, 0.25) is 0 Å². The van der Waals surface area contributed by atoms with Crippen molar-refractivity contribution in [3.05, 3.63) is 51.9 Å². The van der Waals surface area contributed by atoms with Crippen LogP contribution in [0.3, 0.4) is 0 Å². The number of ether oxygens (including phenoxy) is 2. The molecular formula is C15H16ClNO3. The van der Waals surface area contributed by atoms with E-state index in [2.05, 4.69) is 0 Å². The minimum Gasteiger partial charge on any atom is -0.493 e. The van der Waals surface area contributed by atoms with Crippen LogP contribution in [0.2, 0.25) is 0 Å². The summed E-state index contributed by atoms with van der Waals surface area (Å²) in [6.07, 6.45) is 1.76. The molecule has 0 amide bonds. The molecule has 1 heterocycles. The van der Waals surface area contributed by atoms with Crippen molar-refractivity contribution in [3.63, 3.8) is 0 Å². The highest BCUT2D eigenvalue weighted by atomic mass is 35.5. The third kappa shape index (κ3) is 2.65. The van der Waals surface area contributed by atoms with Crippen molar-refractivity contribution in [2.45, 2.75) is 12.8 Å². The number of aromatic nitrogens is 1. The van der Waals surface area contributed by atoms with Crippen LogP contribution in [0.1, 0.15) is 11.3 Å². The second-order valence-corrected chi connectivity index (χ2v) is 4.61. The highest BCUT2D eigenvalue weighted by Gasteiger charge is 2.09. The second-order valence-electron chi connectivity index (χ2n) is 4.35. The number of hydrogen-bond acceptors (Lipinski definition) is 3. The fourth-order valence-corrected chi connectivity index (χ4v) is 2.23. The molecule has 0 aliphatic heterocycles. The molecule has 0 fully saturated rings. The number of pyridine rings is 1. The lowest BCUT2D eigenvalue weighted by Gasteiger charge is -2.14. The molecule has 0 saturated heterocycles. The lowest BCUT2D eigenvalue weighted by atomic mass is 10.2. The zero-order valence-corrected chi connectivity index (χ0v) is 12.4. The van der Waals surface area contributed by atoms with Gasteiger partial charge in [-0.3, -0.25) is 4.79 Å². The molecule has 106 valence electrons. The van der Waals surface area contributed by atoms with Crippen molar-refractivity contribution in [1.29, 1.82) is 0 Å². The van der Waals surface area contributed by atoms with E-state index in [0.29, 0.717) is 17.1 Å². The molecule has 0 aliphatic rings. The summed E-state index contributed by atoms with van der Waals surface area (Å²) in [6, 6.07) is 7.16. The topological polar surface area (TPSA) is 40.5 Å². The molecule has 2 rings (SSSR count). The predicted molar refractivity (Wildman–Crippen MR) is 79.4 cm³/mol. The number of alkyl halides is 1. The Morgan fingerprint density at radius 1 is 1.15 bits per heavy atom. The average Bonchev–Trinajstić information content (AvgIpc) is 2.46. The number of rotatable bonds is 4. The van der Waals surface area contributed by atoms with Crippen molar-refractivity contribution in [3.8, 4) is 17.2 Å². The Bertz CT molecular complexity index is 679. The van der Waals surface area contributed by atoms with Gasteiger partial charge in [-0.25, -0.2) is 0 Å². The van der Waals surface area contributed by atoms with Gasteiger partial charge in [0.1, 0.15) is 0 Å². The van der Waals surface area contributed by atoms with Gasteiger partial charge in [0.15, 0.2) is 16.9 Å². The van der Waals surface area contributed by atoms with Crippen molar-refractivity contribution in [1.82, 2.24) is 4.57 Å². The summed E-state index contributed by atoms with van der Waals surface area (Å²) in [5.74, 6) is 1.48. The summed E-state index contributed by atoms with van der Waals surface area (Å²) in [6.45, 7) is 1.87. The predicted octanol–water partition coefficient (Wildman–Crippen LogP) is 2.90. The molecule has 0 saturated carbocycles. The number of nitrogens with zero attached hydrogens (tertiary/aromatic N) is 1. The van der Waals surface area contributed by atoms with E-state index in [4.69, 9.17) is 21.1 Å². The van der Waals surface area contributed by atoms with Crippen molar-refractivity contribution in [2.24, 2.45) is 0 Å². The molecular weight excluding hydrogens is 278 g/mol. The van der Waals surface area contributed by atoms with Crippen LogP contribution in [0.4, 0.5) is 0 Å². The smallest absolute Gasteiger partial charge is 0.186 e. The van der Waals surface area contributed by atoms with Crippen LogP contribution in [-0.4, -0.2) is 18.8 Å². The first kappa shape index (κ1) is 14.5. The van der Waals surface area contributed by atoms with Gasteiger partial charge in [0, 0.05) is 35.3 Å². The lowest BCUT2D eigenvalue weighted by Crippen LogP contribution is -2.13. The number of benzene rings is 1. The number of aryl methyl sites for hydroxylation is 1. The van der Waals surface area contributed by atoms with Gasteiger partial charge < -0.3 is 14.0 Å². The summed E-state index contributed by atoms with van der Waals surface area (Å²) >= 11 is 5.79. The number of methoxy groups -OCH3 is 2. The Morgan fingerprint density at radius 3 is 2.45 bits per heavy atom. The highest BCUT2D eigenvalue weighted by Crippen LogP contribution is 2.29. The first-order chi connectivity index (χ1) is 9.60. The van der Waals surface area contributed by atoms with Gasteiger partial charge in [0.25, 0.3) is 0 Å². The highest BCUT2D eigenvalue weighted by molar-refractivity contribution is 6.17. The molecule has 20 heavy (non-hydrogen) atoms. The number of hydrogen-bond donors (Lipinski definition) is 0. The molecule has 0 radical (unpaired) electrons. The Hall–Kier alpha value is -1.94. The second kappa shape index (κ2) is 6.01. The average molecular weight is 294 g/mol. The van der Waals surface area contributed by atoms with E-state index in [-0.39, 0.29) is 11.3 Å². The fourth-order valence-electron chi connectivity index (χ4n) is 2.03. The van der Waals surface area contributed by atoms with Gasteiger partial charge in [-0.15, -0.1) is 11.6 Å². The summed E-state index contributed by atoms with van der Waals surface area (Å²) in [5, 5.41) is 0. The SMILES string of the molecule is COc1ccc(-n2cc(CCl)c(=O)cc2C)cc1OC. The van der Waals surface area contributed by atoms with E-state index in [1.165, 1.54) is 0 Å². The lowest BCUT2D eigenvalue weighted by molar-refractivity contribution is 0.355. The Balaban J connectivity index is 2.59. The molecule has 1 aromatic carbocycles. The molecule has 1 aromatic heterocycles. The maximum absolute atomic E-state index is 11.7. The standard InChI is InChI=1S/C15H16ClNO3/c1-10-6-13(18)11(8-16)9-17(10)12-4-5-14(19-2)15(7-12)20-3/h4-7,9H,8H2,1-3H3. The monoisotopic (exact) mass is 293 g/mol. The van der Waals surface area contributed by atoms with Crippen LogP contribution in [0.15, 0.2) is 35.3 Å². The normalized spacial score (nSPS) is 10.4. The summed E-state index contributed by atoms with van der Waals surface area (Å²) in [5.41, 5.74) is 2.23. The van der Waals surface area contributed by atoms with Gasteiger partial charge in [-0.1, -0.05) is 0 Å². The molecule has 0 atom stereocenters. The van der Waals surface area contributed by atoms with Crippen molar-refractivity contribution < 1.29 is 9.47 Å². The zero-order valence-electron chi connectivity index (χ0n) is 11.6. The quantitative estimate of drug-likeness (QED) is 0.814. The molecule has 0 bridgehead atoms. The Labute approximate surface area is 122 Å². The number of halogens is 1. The zero-order chi connectivity index (χ0) is 14.7. The van der Waals surface area contributed by atoms with Crippen LogP contribution >= 0.6 is 11.6 Å². The summed E-state index contributed by atoms with van der Waals surface area (Å²) in [7, 11) is 3.18. The van der Waals surface area contributed by atoms with E-state index in [0.717, 1.165) is 11.4 Å². The van der Waals surface area contributed by atoms with Gasteiger partial charge >= 0.3 is 0 Å². The first-order valence-electron chi connectivity index (χ1n) is 6.11. The maximum atomic E-state index is 11.7. The van der Waals surface area contributed by atoms with Crippen LogP contribution in [0, 0.1) is 6.92 Å². The van der Waals surface area contributed by atoms with Crippen LogP contribution in [0.5, 0.6) is 11.5 Å². The fraction of sp³-hybridized carbons (Fsp3) is 0.267. The molecule has 0 N–H and O–H groups in total.